The van der Waals surface area contributed by atoms with Gasteiger partial charge in [-0.05, 0) is 24.8 Å². The maximum atomic E-state index is 11.5. The van der Waals surface area contributed by atoms with E-state index in [0.29, 0.717) is 6.61 Å². The lowest BCUT2D eigenvalue weighted by molar-refractivity contribution is 0.135. The molecule has 0 saturated heterocycles. The molecule has 1 amide bonds. The first-order valence-electron chi connectivity index (χ1n) is 7.21. The normalized spacial score (nSPS) is 14.9. The van der Waals surface area contributed by atoms with Crippen molar-refractivity contribution in [1.82, 2.24) is 5.32 Å². The lowest BCUT2D eigenvalue weighted by atomic mass is 10.2. The van der Waals surface area contributed by atoms with Crippen LogP contribution in [0.4, 0.5) is 4.79 Å². The van der Waals surface area contributed by atoms with Crippen molar-refractivity contribution in [2.24, 2.45) is 5.92 Å². The van der Waals surface area contributed by atoms with Gasteiger partial charge in [0, 0.05) is 6.04 Å². The summed E-state index contributed by atoms with van der Waals surface area (Å²) in [6.45, 7) is 6.37. The molecule has 106 valence electrons. The molecular weight excluding hydrogens is 238 g/mol. The highest BCUT2D eigenvalue weighted by Gasteiger charge is 2.24. The van der Waals surface area contributed by atoms with Crippen LogP contribution in [0.1, 0.15) is 45.6 Å². The zero-order valence-corrected chi connectivity index (χ0v) is 12.2. The molecule has 0 radical (unpaired) electrons. The van der Waals surface area contributed by atoms with Gasteiger partial charge < -0.3 is 10.1 Å². The summed E-state index contributed by atoms with van der Waals surface area (Å²) in [6, 6.07) is 9.92. The van der Waals surface area contributed by atoms with Crippen LogP contribution in [0.2, 0.25) is 0 Å². The minimum Gasteiger partial charge on any atom is -0.445 e. The summed E-state index contributed by atoms with van der Waals surface area (Å²) < 4.78 is 5.15. The molecule has 0 spiro atoms. The molecule has 1 N–H and O–H groups in total. The SMILES string of the molecule is CC.CC(CC1CC1)NC(=O)OCc1ccccc1. The maximum absolute atomic E-state index is 11.5. The summed E-state index contributed by atoms with van der Waals surface area (Å²) in [5, 5.41) is 2.86. The molecule has 1 aromatic rings. The Labute approximate surface area is 116 Å². The highest BCUT2D eigenvalue weighted by molar-refractivity contribution is 5.67. The molecule has 1 fully saturated rings. The van der Waals surface area contributed by atoms with E-state index >= 15 is 0 Å². The molecule has 3 heteroatoms. The Morgan fingerprint density at radius 1 is 1.32 bits per heavy atom. The van der Waals surface area contributed by atoms with Crippen LogP contribution in [0.3, 0.4) is 0 Å². The molecule has 2 rings (SSSR count). The van der Waals surface area contributed by atoms with Gasteiger partial charge in [0.05, 0.1) is 0 Å². The Morgan fingerprint density at radius 3 is 2.53 bits per heavy atom. The third kappa shape index (κ3) is 6.85. The Morgan fingerprint density at radius 2 is 1.95 bits per heavy atom. The summed E-state index contributed by atoms with van der Waals surface area (Å²) in [7, 11) is 0. The predicted octanol–water partition coefficient (Wildman–Crippen LogP) is 4.13. The van der Waals surface area contributed by atoms with E-state index in [-0.39, 0.29) is 12.1 Å². The van der Waals surface area contributed by atoms with E-state index in [9.17, 15) is 4.79 Å². The highest BCUT2D eigenvalue weighted by Crippen LogP contribution is 2.33. The number of nitrogens with one attached hydrogen (secondary N) is 1. The van der Waals surface area contributed by atoms with Gasteiger partial charge in [0.25, 0.3) is 0 Å². The van der Waals surface area contributed by atoms with Gasteiger partial charge in [0.2, 0.25) is 0 Å². The van der Waals surface area contributed by atoms with Crippen molar-refractivity contribution in [3.05, 3.63) is 35.9 Å². The smallest absolute Gasteiger partial charge is 0.407 e. The number of carbonyl (C=O) groups is 1. The van der Waals surface area contributed by atoms with Crippen molar-refractivity contribution in [2.45, 2.75) is 52.7 Å². The number of ether oxygens (including phenoxy) is 1. The minimum absolute atomic E-state index is 0.214. The predicted molar refractivity (Wildman–Crippen MR) is 77.9 cm³/mol. The number of carbonyl (C=O) groups excluding carboxylic acids is 1. The Bertz CT molecular complexity index is 360. The summed E-state index contributed by atoms with van der Waals surface area (Å²) >= 11 is 0. The van der Waals surface area contributed by atoms with Crippen LogP contribution in [0.25, 0.3) is 0 Å². The maximum Gasteiger partial charge on any atom is 0.407 e. The first-order valence-corrected chi connectivity index (χ1v) is 7.21. The molecule has 0 aliphatic heterocycles. The first kappa shape index (κ1) is 15.5. The van der Waals surface area contributed by atoms with Crippen LogP contribution in [-0.2, 0) is 11.3 Å². The Hall–Kier alpha value is -1.51. The fraction of sp³-hybridized carbons (Fsp3) is 0.562. The topological polar surface area (TPSA) is 38.3 Å². The van der Waals surface area contributed by atoms with Crippen molar-refractivity contribution < 1.29 is 9.53 Å². The van der Waals surface area contributed by atoms with E-state index < -0.39 is 0 Å². The summed E-state index contributed by atoms with van der Waals surface area (Å²) in [5.74, 6) is 0.819. The quantitative estimate of drug-likeness (QED) is 0.867. The van der Waals surface area contributed by atoms with Crippen LogP contribution >= 0.6 is 0 Å². The van der Waals surface area contributed by atoms with Gasteiger partial charge in [0.15, 0.2) is 0 Å². The Kier molecular flexibility index (Phi) is 7.01. The molecule has 1 unspecified atom stereocenters. The molecule has 3 nitrogen and oxygen atoms in total. The average Bonchev–Trinajstić information content (AvgIpc) is 3.23. The third-order valence-electron chi connectivity index (χ3n) is 2.96. The monoisotopic (exact) mass is 263 g/mol. The first-order chi connectivity index (χ1) is 9.24. The minimum atomic E-state index is -0.318. The van der Waals surface area contributed by atoms with E-state index in [1.165, 1.54) is 12.8 Å². The van der Waals surface area contributed by atoms with Crippen molar-refractivity contribution in [1.29, 1.82) is 0 Å². The molecule has 0 bridgehead atoms. The second kappa shape index (κ2) is 8.57. The molecule has 0 aromatic heterocycles. The third-order valence-corrected chi connectivity index (χ3v) is 2.96. The van der Waals surface area contributed by atoms with Crippen molar-refractivity contribution in [3.8, 4) is 0 Å². The van der Waals surface area contributed by atoms with Crippen molar-refractivity contribution in [3.63, 3.8) is 0 Å². The van der Waals surface area contributed by atoms with Gasteiger partial charge in [-0.3, -0.25) is 0 Å². The largest absolute Gasteiger partial charge is 0.445 e. The lowest BCUT2D eigenvalue weighted by Crippen LogP contribution is -2.33. The molecule has 0 heterocycles. The fourth-order valence-corrected chi connectivity index (χ4v) is 1.88. The highest BCUT2D eigenvalue weighted by atomic mass is 16.5. The van der Waals surface area contributed by atoms with Crippen molar-refractivity contribution in [2.75, 3.05) is 0 Å². The zero-order chi connectivity index (χ0) is 14.1. The number of hydrogen-bond acceptors (Lipinski definition) is 2. The average molecular weight is 263 g/mol. The van der Waals surface area contributed by atoms with E-state index in [1.54, 1.807) is 0 Å². The van der Waals surface area contributed by atoms with Gasteiger partial charge in [0.1, 0.15) is 6.61 Å². The summed E-state index contributed by atoms with van der Waals surface area (Å²) in [6.07, 6.45) is 3.37. The number of rotatable bonds is 5. The van der Waals surface area contributed by atoms with E-state index in [2.05, 4.69) is 5.32 Å². The summed E-state index contributed by atoms with van der Waals surface area (Å²) in [4.78, 5) is 11.5. The van der Waals surface area contributed by atoms with E-state index in [4.69, 9.17) is 4.74 Å². The number of hydrogen-bond donors (Lipinski definition) is 1. The second-order valence-corrected chi connectivity index (χ2v) is 4.79. The van der Waals surface area contributed by atoms with E-state index in [1.807, 2.05) is 51.1 Å². The fourth-order valence-electron chi connectivity index (χ4n) is 1.88. The summed E-state index contributed by atoms with van der Waals surface area (Å²) in [5.41, 5.74) is 1.01. The van der Waals surface area contributed by atoms with Gasteiger partial charge in [-0.2, -0.15) is 0 Å². The van der Waals surface area contributed by atoms with Gasteiger partial charge in [-0.1, -0.05) is 57.0 Å². The zero-order valence-electron chi connectivity index (χ0n) is 12.2. The molecule has 1 aliphatic carbocycles. The van der Waals surface area contributed by atoms with Gasteiger partial charge in [-0.15, -0.1) is 0 Å². The van der Waals surface area contributed by atoms with Crippen LogP contribution in [-0.4, -0.2) is 12.1 Å². The van der Waals surface area contributed by atoms with Crippen molar-refractivity contribution >= 4 is 6.09 Å². The second-order valence-electron chi connectivity index (χ2n) is 4.79. The molecule has 1 aliphatic rings. The molecule has 19 heavy (non-hydrogen) atoms. The number of alkyl carbamates (subject to hydrolysis) is 1. The lowest BCUT2D eigenvalue weighted by Gasteiger charge is -2.13. The number of benzene rings is 1. The van der Waals surface area contributed by atoms with Crippen LogP contribution in [0, 0.1) is 5.92 Å². The molecule has 1 aromatic carbocycles. The Balaban J connectivity index is 0.000000861. The molecular formula is C16H25NO2. The van der Waals surface area contributed by atoms with Crippen LogP contribution < -0.4 is 5.32 Å². The standard InChI is InChI=1S/C14H19NO2.C2H6/c1-11(9-12-7-8-12)15-14(16)17-10-13-5-3-2-4-6-13;1-2/h2-6,11-12H,7-10H2,1H3,(H,15,16);1-2H3. The van der Waals surface area contributed by atoms with Gasteiger partial charge >= 0.3 is 6.09 Å². The van der Waals surface area contributed by atoms with Crippen LogP contribution in [0.5, 0.6) is 0 Å². The van der Waals surface area contributed by atoms with Gasteiger partial charge in [-0.25, -0.2) is 4.79 Å². The van der Waals surface area contributed by atoms with E-state index in [0.717, 1.165) is 17.9 Å². The number of amides is 1. The molecule has 1 atom stereocenters. The molecule has 1 saturated carbocycles. The van der Waals surface area contributed by atoms with Crippen LogP contribution in [0.15, 0.2) is 30.3 Å².